The number of aryl methyl sites for hydroxylation is 1. The number of rotatable bonds is 4. The van der Waals surface area contributed by atoms with Crippen LogP contribution in [0.4, 0.5) is 10.1 Å². The van der Waals surface area contributed by atoms with Gasteiger partial charge in [-0.1, -0.05) is 6.07 Å². The van der Waals surface area contributed by atoms with Crippen molar-refractivity contribution in [2.24, 2.45) is 7.05 Å². The molecule has 0 aliphatic carbocycles. The van der Waals surface area contributed by atoms with Crippen molar-refractivity contribution in [2.45, 2.75) is 18.4 Å². The number of carbonyl (C=O) groups excluding carboxylic acids is 1. The third-order valence-corrected chi connectivity index (χ3v) is 4.40. The van der Waals surface area contributed by atoms with E-state index in [1.807, 2.05) is 22.7 Å². The van der Waals surface area contributed by atoms with E-state index in [1.54, 1.807) is 18.3 Å². The highest BCUT2D eigenvalue weighted by Crippen LogP contribution is 2.31. The van der Waals surface area contributed by atoms with E-state index < -0.39 is 5.60 Å². The summed E-state index contributed by atoms with van der Waals surface area (Å²) < 4.78 is 15.0. The molecule has 1 aliphatic rings. The first-order valence-corrected chi connectivity index (χ1v) is 7.94. The van der Waals surface area contributed by atoms with Gasteiger partial charge in [0.2, 0.25) is 5.91 Å². The monoisotopic (exact) mass is 332 g/mol. The van der Waals surface area contributed by atoms with E-state index in [2.05, 4.69) is 10.3 Å². The van der Waals surface area contributed by atoms with E-state index in [-0.39, 0.29) is 18.3 Å². The largest absolute Gasteiger partial charge is 0.382 e. The van der Waals surface area contributed by atoms with Gasteiger partial charge in [-0.05, 0) is 31.0 Å². The van der Waals surface area contributed by atoms with Crippen LogP contribution in [0.2, 0.25) is 0 Å². The number of imidazole rings is 1. The topological polar surface area (TPSA) is 70.4 Å². The fraction of sp³-hybridized carbons (Fsp3) is 0.412. The zero-order chi connectivity index (χ0) is 17.2. The Bertz CT molecular complexity index is 723. The van der Waals surface area contributed by atoms with E-state index in [0.717, 1.165) is 0 Å². The summed E-state index contributed by atoms with van der Waals surface area (Å²) in [6.45, 7) is 1.41. The van der Waals surface area contributed by atoms with Crippen molar-refractivity contribution in [1.29, 1.82) is 0 Å². The molecule has 2 aromatic rings. The van der Waals surface area contributed by atoms with Gasteiger partial charge in [-0.3, -0.25) is 9.69 Å². The molecule has 2 heterocycles. The Kier molecular flexibility index (Phi) is 4.64. The second kappa shape index (κ2) is 6.70. The molecule has 1 aromatic carbocycles. The molecule has 2 N–H and O–H groups in total. The summed E-state index contributed by atoms with van der Waals surface area (Å²) >= 11 is 0. The highest BCUT2D eigenvalue weighted by atomic mass is 19.1. The number of benzene rings is 1. The van der Waals surface area contributed by atoms with Crippen molar-refractivity contribution in [3.05, 3.63) is 48.3 Å². The average molecular weight is 332 g/mol. The quantitative estimate of drug-likeness (QED) is 0.890. The average Bonchev–Trinajstić information content (AvgIpc) is 2.97. The molecule has 1 aliphatic heterocycles. The van der Waals surface area contributed by atoms with Crippen LogP contribution in [0.3, 0.4) is 0 Å². The maximum atomic E-state index is 13.1. The number of aliphatic hydroxyl groups is 1. The number of hydrogen-bond acceptors (Lipinski definition) is 4. The Balaban J connectivity index is 1.54. The molecular formula is C17H21FN4O2. The van der Waals surface area contributed by atoms with Crippen molar-refractivity contribution < 1.29 is 14.3 Å². The van der Waals surface area contributed by atoms with Crippen LogP contribution in [0, 0.1) is 5.82 Å². The molecule has 0 unspecified atom stereocenters. The molecule has 3 rings (SSSR count). The molecule has 0 atom stereocenters. The number of likely N-dealkylation sites (tertiary alicyclic amines) is 1. The summed E-state index contributed by atoms with van der Waals surface area (Å²) in [5.41, 5.74) is -0.505. The Morgan fingerprint density at radius 1 is 1.42 bits per heavy atom. The molecule has 0 saturated carbocycles. The third-order valence-electron chi connectivity index (χ3n) is 4.40. The Morgan fingerprint density at radius 2 is 2.17 bits per heavy atom. The number of piperidine rings is 1. The minimum absolute atomic E-state index is 0.192. The van der Waals surface area contributed by atoms with Gasteiger partial charge in [0.15, 0.2) is 0 Å². The molecule has 0 bridgehead atoms. The van der Waals surface area contributed by atoms with Gasteiger partial charge >= 0.3 is 0 Å². The smallest absolute Gasteiger partial charge is 0.238 e. The normalized spacial score (nSPS) is 17.6. The fourth-order valence-electron chi connectivity index (χ4n) is 3.09. The molecule has 1 aromatic heterocycles. The number of carbonyl (C=O) groups is 1. The number of nitrogens with zero attached hydrogens (tertiary/aromatic N) is 3. The van der Waals surface area contributed by atoms with Crippen LogP contribution in [0.1, 0.15) is 18.7 Å². The predicted molar refractivity (Wildman–Crippen MR) is 87.8 cm³/mol. The molecule has 0 radical (unpaired) electrons. The Hall–Kier alpha value is -2.25. The number of anilines is 1. The maximum absolute atomic E-state index is 13.1. The summed E-state index contributed by atoms with van der Waals surface area (Å²) in [6, 6.07) is 5.82. The Morgan fingerprint density at radius 3 is 2.79 bits per heavy atom. The van der Waals surface area contributed by atoms with Gasteiger partial charge in [-0.15, -0.1) is 0 Å². The van der Waals surface area contributed by atoms with E-state index in [0.29, 0.717) is 37.4 Å². The lowest BCUT2D eigenvalue weighted by Gasteiger charge is -2.37. The van der Waals surface area contributed by atoms with Crippen molar-refractivity contribution in [1.82, 2.24) is 14.5 Å². The predicted octanol–water partition coefficient (Wildman–Crippen LogP) is 1.48. The molecule has 24 heavy (non-hydrogen) atoms. The number of amides is 1. The lowest BCUT2D eigenvalue weighted by molar-refractivity contribution is -0.118. The Labute approximate surface area is 139 Å². The zero-order valence-corrected chi connectivity index (χ0v) is 13.6. The fourth-order valence-corrected chi connectivity index (χ4v) is 3.09. The lowest BCUT2D eigenvalue weighted by Crippen LogP contribution is -2.46. The molecule has 0 spiro atoms. The molecule has 128 valence electrons. The van der Waals surface area contributed by atoms with Crippen LogP contribution < -0.4 is 5.32 Å². The van der Waals surface area contributed by atoms with Gasteiger partial charge in [0.25, 0.3) is 0 Å². The number of halogens is 1. The maximum Gasteiger partial charge on any atom is 0.238 e. The second-order valence-electron chi connectivity index (χ2n) is 6.23. The zero-order valence-electron chi connectivity index (χ0n) is 13.6. The van der Waals surface area contributed by atoms with Crippen LogP contribution in [0.25, 0.3) is 0 Å². The van der Waals surface area contributed by atoms with Crippen LogP contribution >= 0.6 is 0 Å². The first-order valence-electron chi connectivity index (χ1n) is 7.94. The standard InChI is InChI=1S/C17H21FN4O2/c1-21-10-7-19-16(21)17(24)5-8-22(9-6-17)12-15(23)20-14-4-2-3-13(18)11-14/h2-4,7,10-11,24H,5-6,8-9,12H2,1H3,(H,20,23). The van der Waals surface area contributed by atoms with Gasteiger partial charge in [0.1, 0.15) is 17.2 Å². The third kappa shape index (κ3) is 3.63. The first kappa shape index (κ1) is 16.6. The SMILES string of the molecule is Cn1ccnc1C1(O)CCN(CC(=O)Nc2cccc(F)c2)CC1. The highest BCUT2D eigenvalue weighted by Gasteiger charge is 2.37. The van der Waals surface area contributed by atoms with E-state index in [9.17, 15) is 14.3 Å². The first-order chi connectivity index (χ1) is 11.5. The van der Waals surface area contributed by atoms with E-state index >= 15 is 0 Å². The minimum Gasteiger partial charge on any atom is -0.382 e. The van der Waals surface area contributed by atoms with Gasteiger partial charge in [0, 0.05) is 38.2 Å². The number of hydrogen-bond donors (Lipinski definition) is 2. The second-order valence-corrected chi connectivity index (χ2v) is 6.23. The summed E-state index contributed by atoms with van der Waals surface area (Å²) in [4.78, 5) is 18.3. The van der Waals surface area contributed by atoms with Crippen LogP contribution in [0.15, 0.2) is 36.7 Å². The highest BCUT2D eigenvalue weighted by molar-refractivity contribution is 5.92. The van der Waals surface area contributed by atoms with Crippen LogP contribution in [0.5, 0.6) is 0 Å². The van der Waals surface area contributed by atoms with Crippen molar-refractivity contribution >= 4 is 11.6 Å². The summed E-state index contributed by atoms with van der Waals surface area (Å²) in [7, 11) is 1.86. The van der Waals surface area contributed by atoms with Gasteiger partial charge < -0.3 is 15.0 Å². The van der Waals surface area contributed by atoms with Gasteiger partial charge in [0.05, 0.1) is 6.54 Å². The van der Waals surface area contributed by atoms with E-state index in [1.165, 1.54) is 12.1 Å². The van der Waals surface area contributed by atoms with Crippen molar-refractivity contribution in [3.63, 3.8) is 0 Å². The van der Waals surface area contributed by atoms with Gasteiger partial charge in [-0.25, -0.2) is 9.37 Å². The molecule has 1 fully saturated rings. The lowest BCUT2D eigenvalue weighted by atomic mass is 9.90. The summed E-state index contributed by atoms with van der Waals surface area (Å²) in [6.07, 6.45) is 4.52. The van der Waals surface area contributed by atoms with Gasteiger partial charge in [-0.2, -0.15) is 0 Å². The number of nitrogens with one attached hydrogen (secondary N) is 1. The number of aromatic nitrogens is 2. The molecule has 1 amide bonds. The van der Waals surface area contributed by atoms with Crippen molar-refractivity contribution in [3.8, 4) is 0 Å². The molecule has 1 saturated heterocycles. The molecular weight excluding hydrogens is 311 g/mol. The van der Waals surface area contributed by atoms with Crippen molar-refractivity contribution in [2.75, 3.05) is 25.0 Å². The molecule has 6 nitrogen and oxygen atoms in total. The van der Waals surface area contributed by atoms with Crippen LogP contribution in [-0.4, -0.2) is 45.1 Å². The molecule has 7 heteroatoms. The van der Waals surface area contributed by atoms with Crippen LogP contribution in [-0.2, 0) is 17.4 Å². The van der Waals surface area contributed by atoms with E-state index in [4.69, 9.17) is 0 Å². The summed E-state index contributed by atoms with van der Waals surface area (Å²) in [5.74, 6) is 0.0836. The minimum atomic E-state index is -0.951. The summed E-state index contributed by atoms with van der Waals surface area (Å²) in [5, 5.41) is 13.5.